The van der Waals surface area contributed by atoms with Gasteiger partial charge in [-0.2, -0.15) is 0 Å². The number of alkyl halides is 2. The van der Waals surface area contributed by atoms with Gasteiger partial charge in [0, 0.05) is 35.4 Å². The second kappa shape index (κ2) is 12.8. The van der Waals surface area contributed by atoms with Crippen LogP contribution in [-0.4, -0.2) is 57.9 Å². The zero-order valence-corrected chi connectivity index (χ0v) is 26.3. The topological polar surface area (TPSA) is 108 Å². The maximum atomic E-state index is 15.5. The highest BCUT2D eigenvalue weighted by Gasteiger charge is 2.47. The fourth-order valence-electron chi connectivity index (χ4n) is 5.20. The van der Waals surface area contributed by atoms with Crippen LogP contribution in [0.3, 0.4) is 0 Å². The van der Waals surface area contributed by atoms with Gasteiger partial charge in [0.15, 0.2) is 0 Å². The second-order valence-corrected chi connectivity index (χ2v) is 12.9. The molecule has 2 aromatic heterocycles. The van der Waals surface area contributed by atoms with Crippen molar-refractivity contribution in [2.75, 3.05) is 30.3 Å². The molecule has 5 rings (SSSR count). The number of hydrogen-bond donors (Lipinski definition) is 3. The van der Waals surface area contributed by atoms with E-state index in [4.69, 9.17) is 11.6 Å². The van der Waals surface area contributed by atoms with Crippen molar-refractivity contribution in [3.63, 3.8) is 0 Å². The molecule has 1 aromatic carbocycles. The van der Waals surface area contributed by atoms with Crippen molar-refractivity contribution in [3.05, 3.63) is 74.4 Å². The minimum atomic E-state index is -3.02. The Hall–Kier alpha value is -3.90. The molecule has 1 aliphatic carbocycles. The number of anilines is 2. The van der Waals surface area contributed by atoms with Crippen molar-refractivity contribution in [2.24, 2.45) is 5.92 Å². The van der Waals surface area contributed by atoms with E-state index < -0.39 is 42.2 Å². The monoisotopic (exact) mass is 644 g/mol. The summed E-state index contributed by atoms with van der Waals surface area (Å²) in [7, 11) is 0. The Balaban J connectivity index is 1.52. The van der Waals surface area contributed by atoms with E-state index in [9.17, 15) is 23.2 Å². The number of nitrogens with zero attached hydrogens (tertiary/aromatic N) is 3. The zero-order valence-electron chi connectivity index (χ0n) is 25.5. The smallest absolute Gasteiger partial charge is 0.282 e. The summed E-state index contributed by atoms with van der Waals surface area (Å²) in [5.41, 5.74) is 0.0438. The largest absolute Gasteiger partial charge is 0.368 e. The maximum absolute atomic E-state index is 15.5. The number of amides is 2. The number of carbonyl (C=O) groups is 2. The Labute approximate surface area is 264 Å². The van der Waals surface area contributed by atoms with Gasteiger partial charge in [0.2, 0.25) is 0 Å². The van der Waals surface area contributed by atoms with E-state index in [1.165, 1.54) is 18.2 Å². The van der Waals surface area contributed by atoms with Crippen LogP contribution in [0.2, 0.25) is 5.02 Å². The molecule has 13 heteroatoms. The highest BCUT2D eigenvalue weighted by atomic mass is 35.5. The maximum Gasteiger partial charge on any atom is 0.282 e. The van der Waals surface area contributed by atoms with Crippen LogP contribution >= 0.6 is 11.6 Å². The third-order valence-electron chi connectivity index (χ3n) is 7.38. The molecule has 2 amide bonds. The van der Waals surface area contributed by atoms with Gasteiger partial charge in [-0.15, -0.1) is 0 Å². The van der Waals surface area contributed by atoms with Crippen LogP contribution in [0.15, 0.2) is 41.3 Å². The lowest BCUT2D eigenvalue weighted by Crippen LogP contribution is -2.58. The quantitative estimate of drug-likeness (QED) is 0.238. The number of halogens is 4. The van der Waals surface area contributed by atoms with Crippen molar-refractivity contribution in [1.82, 2.24) is 19.8 Å². The molecule has 2 fully saturated rings. The number of hydrogen-bond acceptors (Lipinski definition) is 6. The fourth-order valence-corrected chi connectivity index (χ4v) is 5.41. The van der Waals surface area contributed by atoms with Gasteiger partial charge in [-0.1, -0.05) is 25.4 Å². The lowest BCUT2D eigenvalue weighted by atomic mass is 9.97. The first-order chi connectivity index (χ1) is 21.2. The van der Waals surface area contributed by atoms with Crippen molar-refractivity contribution >= 4 is 35.1 Å². The average molecular weight is 645 g/mol. The molecule has 1 aliphatic heterocycles. The first kappa shape index (κ1) is 32.5. The van der Waals surface area contributed by atoms with Gasteiger partial charge < -0.3 is 25.4 Å². The molecular weight excluding hydrogens is 609 g/mol. The van der Waals surface area contributed by atoms with E-state index >= 15 is 4.39 Å². The van der Waals surface area contributed by atoms with E-state index in [2.05, 4.69) is 34.8 Å². The summed E-state index contributed by atoms with van der Waals surface area (Å²) < 4.78 is 44.3. The number of nitrogens with one attached hydrogen (secondary N) is 3. The van der Waals surface area contributed by atoms with Crippen molar-refractivity contribution in [1.29, 1.82) is 0 Å². The Bertz CT molecular complexity index is 1680. The second-order valence-electron chi connectivity index (χ2n) is 12.4. The molecule has 3 aromatic rings. The number of aromatic nitrogens is 2. The molecule has 1 saturated heterocycles. The van der Waals surface area contributed by atoms with Gasteiger partial charge in [-0.3, -0.25) is 14.4 Å². The molecule has 0 spiro atoms. The van der Waals surface area contributed by atoms with Crippen molar-refractivity contribution in [3.8, 4) is 11.1 Å². The highest BCUT2D eigenvalue weighted by Crippen LogP contribution is 2.36. The van der Waals surface area contributed by atoms with Gasteiger partial charge in [-0.25, -0.2) is 18.2 Å². The van der Waals surface area contributed by atoms with Gasteiger partial charge in [0.05, 0.1) is 18.7 Å². The molecule has 2 aliphatic rings. The molecule has 3 N–H and O–H groups in total. The van der Waals surface area contributed by atoms with Gasteiger partial charge in [0.25, 0.3) is 23.3 Å². The Morgan fingerprint density at radius 2 is 1.73 bits per heavy atom. The van der Waals surface area contributed by atoms with Crippen LogP contribution in [-0.2, 0) is 6.54 Å². The minimum absolute atomic E-state index is 0.00964. The predicted octanol–water partition coefficient (Wildman–Crippen LogP) is 5.95. The Morgan fingerprint density at radius 3 is 2.36 bits per heavy atom. The molecule has 0 atom stereocenters. The summed E-state index contributed by atoms with van der Waals surface area (Å²) in [6.07, 6.45) is 3.48. The first-order valence-electron chi connectivity index (χ1n) is 14.9. The summed E-state index contributed by atoms with van der Waals surface area (Å²) in [5, 5.41) is 9.04. The Morgan fingerprint density at radius 1 is 1.04 bits per heavy atom. The van der Waals surface area contributed by atoms with Crippen LogP contribution < -0.4 is 21.5 Å². The minimum Gasteiger partial charge on any atom is -0.368 e. The zero-order chi connectivity index (χ0) is 32.6. The van der Waals surface area contributed by atoms with Crippen molar-refractivity contribution < 1.29 is 22.8 Å². The van der Waals surface area contributed by atoms with E-state index in [0.717, 1.165) is 35.9 Å². The lowest BCUT2D eigenvalue weighted by molar-refractivity contribution is -0.113. The van der Waals surface area contributed by atoms with Crippen LogP contribution in [0.4, 0.5) is 24.8 Å². The first-order valence-corrected chi connectivity index (χ1v) is 15.3. The molecule has 240 valence electrons. The highest BCUT2D eigenvalue weighted by molar-refractivity contribution is 6.31. The molecule has 9 nitrogen and oxygen atoms in total. The van der Waals surface area contributed by atoms with E-state index in [1.54, 1.807) is 16.8 Å². The van der Waals surface area contributed by atoms with Crippen LogP contribution in [0.1, 0.15) is 72.9 Å². The van der Waals surface area contributed by atoms with Gasteiger partial charge >= 0.3 is 0 Å². The molecule has 0 bridgehead atoms. The summed E-state index contributed by atoms with van der Waals surface area (Å²) in [4.78, 5) is 45.5. The average Bonchev–Trinajstić information content (AvgIpc) is 3.76. The normalized spacial score (nSPS) is 15.7. The number of likely N-dealkylation sites (tertiary alicyclic amines) is 1. The summed E-state index contributed by atoms with van der Waals surface area (Å²) >= 11 is 6.08. The van der Waals surface area contributed by atoms with Crippen LogP contribution in [0.5, 0.6) is 0 Å². The van der Waals surface area contributed by atoms with E-state index in [1.807, 2.05) is 13.8 Å². The third-order valence-corrected chi connectivity index (χ3v) is 7.59. The van der Waals surface area contributed by atoms with E-state index in [0.29, 0.717) is 12.5 Å². The van der Waals surface area contributed by atoms with Gasteiger partial charge in [0.1, 0.15) is 23.0 Å². The summed E-state index contributed by atoms with van der Waals surface area (Å²) in [5.74, 6) is -4.71. The standard InChI is InChI=1S/C32H36ClF3N6O3/c1-17(2)12-37-13-19-7-24(31(45)42(14-19)22-5-6-22)29(43)40-27-9-20(8-26(39-27)38-18(3)4)28-23(10-21(33)11-25(28)34)30(44)41-15-32(35,36)16-41/h7-11,14,17-18,22,37H,5-6,12-13,15-16H2,1-4H3,(H2,38,39,40,43). The predicted molar refractivity (Wildman–Crippen MR) is 168 cm³/mol. The van der Waals surface area contributed by atoms with Crippen molar-refractivity contribution in [2.45, 2.75) is 65.1 Å². The van der Waals surface area contributed by atoms with Crippen LogP contribution in [0.25, 0.3) is 11.1 Å². The number of benzene rings is 1. The Kier molecular flexibility index (Phi) is 9.27. The molecule has 45 heavy (non-hydrogen) atoms. The molecule has 0 unspecified atom stereocenters. The third kappa shape index (κ3) is 7.67. The summed E-state index contributed by atoms with van der Waals surface area (Å²) in [6.45, 7) is 7.53. The number of rotatable bonds is 11. The van der Waals surface area contributed by atoms with E-state index in [-0.39, 0.29) is 51.0 Å². The van der Waals surface area contributed by atoms with Gasteiger partial charge in [-0.05, 0) is 80.6 Å². The molecule has 0 radical (unpaired) electrons. The number of carbonyl (C=O) groups excluding carboxylic acids is 2. The SMILES string of the molecule is CC(C)CNCc1cc(C(=O)Nc2cc(-c3c(F)cc(Cl)cc3C(=O)N3CC(F)(F)C3)cc(NC(C)C)n2)c(=O)n(C2CC2)c1. The number of pyridine rings is 2. The van der Waals surface area contributed by atoms with Crippen LogP contribution in [0, 0.1) is 11.7 Å². The fraction of sp³-hybridized carbons (Fsp3) is 0.438. The molecule has 1 saturated carbocycles. The lowest BCUT2D eigenvalue weighted by Gasteiger charge is -2.39. The molecule has 3 heterocycles. The summed E-state index contributed by atoms with van der Waals surface area (Å²) in [6, 6.07) is 6.58. The molecular formula is C32H36ClF3N6O3.